The number of carbonyl (C=O) groups excluding carboxylic acids is 1. The molecule has 1 unspecified atom stereocenters. The van der Waals surface area contributed by atoms with Crippen LogP contribution in [0.15, 0.2) is 54.6 Å². The fourth-order valence-corrected chi connectivity index (χ4v) is 5.00. The SMILES string of the molecule is CCN(C)c1ccc(Cl)c(C2(C)C(=O)N(Cc3ccc(OC)cc3OC)c3ccc(Cl)cc32)c1. The van der Waals surface area contributed by atoms with Crippen molar-refractivity contribution in [2.75, 3.05) is 37.6 Å². The van der Waals surface area contributed by atoms with Gasteiger partial charge in [0.25, 0.3) is 0 Å². The zero-order valence-electron chi connectivity index (χ0n) is 20.0. The summed E-state index contributed by atoms with van der Waals surface area (Å²) in [7, 11) is 5.23. The molecule has 4 rings (SSSR count). The Kier molecular flexibility index (Phi) is 6.70. The Morgan fingerprint density at radius 3 is 2.41 bits per heavy atom. The van der Waals surface area contributed by atoms with Crippen LogP contribution in [0.4, 0.5) is 11.4 Å². The molecule has 0 fully saturated rings. The molecule has 0 radical (unpaired) electrons. The van der Waals surface area contributed by atoms with E-state index in [4.69, 9.17) is 32.7 Å². The van der Waals surface area contributed by atoms with Crippen molar-refractivity contribution in [3.63, 3.8) is 0 Å². The van der Waals surface area contributed by atoms with Crippen LogP contribution in [0.1, 0.15) is 30.5 Å². The number of fused-ring (bicyclic) bond motifs is 1. The third-order valence-corrected chi connectivity index (χ3v) is 7.25. The number of rotatable bonds is 7. The van der Waals surface area contributed by atoms with Crippen LogP contribution in [0, 0.1) is 0 Å². The summed E-state index contributed by atoms with van der Waals surface area (Å²) in [5.74, 6) is 1.27. The van der Waals surface area contributed by atoms with E-state index in [1.54, 1.807) is 25.2 Å². The maximum Gasteiger partial charge on any atom is 0.242 e. The lowest BCUT2D eigenvalue weighted by Crippen LogP contribution is -2.39. The number of carbonyl (C=O) groups is 1. The highest BCUT2D eigenvalue weighted by Gasteiger charge is 2.50. The van der Waals surface area contributed by atoms with Crippen molar-refractivity contribution in [3.8, 4) is 11.5 Å². The Balaban J connectivity index is 1.85. The van der Waals surface area contributed by atoms with E-state index in [2.05, 4.69) is 11.8 Å². The van der Waals surface area contributed by atoms with Crippen LogP contribution in [0.5, 0.6) is 11.5 Å². The van der Waals surface area contributed by atoms with Gasteiger partial charge >= 0.3 is 0 Å². The van der Waals surface area contributed by atoms with Gasteiger partial charge in [0.1, 0.15) is 16.9 Å². The van der Waals surface area contributed by atoms with Crippen molar-refractivity contribution in [3.05, 3.63) is 81.3 Å². The van der Waals surface area contributed by atoms with Crippen LogP contribution in [-0.2, 0) is 16.8 Å². The van der Waals surface area contributed by atoms with Gasteiger partial charge in [-0.3, -0.25) is 4.79 Å². The quantitative estimate of drug-likeness (QED) is 0.382. The van der Waals surface area contributed by atoms with E-state index in [0.29, 0.717) is 28.1 Å². The van der Waals surface area contributed by atoms with Crippen molar-refractivity contribution in [2.24, 2.45) is 0 Å². The second-order valence-electron chi connectivity index (χ2n) is 8.53. The highest BCUT2D eigenvalue weighted by molar-refractivity contribution is 6.33. The first-order valence-corrected chi connectivity index (χ1v) is 11.8. The molecular formula is C27H28Cl2N2O3. The molecule has 1 aliphatic rings. The summed E-state index contributed by atoms with van der Waals surface area (Å²) in [4.78, 5) is 18.1. The fraction of sp³-hybridized carbons (Fsp3) is 0.296. The largest absolute Gasteiger partial charge is 0.497 e. The summed E-state index contributed by atoms with van der Waals surface area (Å²) in [6, 6.07) is 17.0. The van der Waals surface area contributed by atoms with Gasteiger partial charge in [-0.15, -0.1) is 0 Å². The van der Waals surface area contributed by atoms with E-state index in [-0.39, 0.29) is 5.91 Å². The summed E-state index contributed by atoms with van der Waals surface area (Å²) in [6.45, 7) is 5.17. The van der Waals surface area contributed by atoms with E-state index < -0.39 is 5.41 Å². The Morgan fingerprint density at radius 1 is 0.971 bits per heavy atom. The zero-order chi connectivity index (χ0) is 24.6. The summed E-state index contributed by atoms with van der Waals surface area (Å²) >= 11 is 13.1. The lowest BCUT2D eigenvalue weighted by Gasteiger charge is -2.28. The number of nitrogens with zero attached hydrogens (tertiary/aromatic N) is 2. The van der Waals surface area contributed by atoms with Crippen LogP contribution in [-0.4, -0.2) is 33.7 Å². The zero-order valence-corrected chi connectivity index (χ0v) is 21.5. The summed E-state index contributed by atoms with van der Waals surface area (Å²) in [6.07, 6.45) is 0. The first kappa shape index (κ1) is 24.2. The molecule has 7 heteroatoms. The highest BCUT2D eigenvalue weighted by Crippen LogP contribution is 2.50. The number of hydrogen-bond donors (Lipinski definition) is 0. The molecule has 0 saturated heterocycles. The number of methoxy groups -OCH3 is 2. The molecule has 0 aliphatic carbocycles. The number of amides is 1. The second-order valence-corrected chi connectivity index (χ2v) is 9.38. The monoisotopic (exact) mass is 498 g/mol. The topological polar surface area (TPSA) is 42.0 Å². The van der Waals surface area contributed by atoms with Gasteiger partial charge in [-0.2, -0.15) is 0 Å². The van der Waals surface area contributed by atoms with Gasteiger partial charge in [0.2, 0.25) is 5.91 Å². The van der Waals surface area contributed by atoms with Crippen LogP contribution < -0.4 is 19.3 Å². The molecule has 0 spiro atoms. The van der Waals surface area contributed by atoms with Gasteiger partial charge < -0.3 is 19.3 Å². The molecule has 0 bridgehead atoms. The first-order valence-electron chi connectivity index (χ1n) is 11.1. The van der Waals surface area contributed by atoms with Crippen LogP contribution >= 0.6 is 23.2 Å². The molecule has 3 aromatic rings. The maximum atomic E-state index is 14.2. The predicted octanol–water partition coefficient (Wildman–Crippen LogP) is 6.32. The number of halogens is 2. The minimum atomic E-state index is -0.998. The lowest BCUT2D eigenvalue weighted by atomic mass is 9.77. The molecule has 1 heterocycles. The molecule has 0 N–H and O–H groups in total. The maximum absolute atomic E-state index is 14.2. The Bertz CT molecular complexity index is 1250. The van der Waals surface area contributed by atoms with Gasteiger partial charge in [0, 0.05) is 46.6 Å². The van der Waals surface area contributed by atoms with E-state index in [1.807, 2.05) is 62.5 Å². The van der Waals surface area contributed by atoms with Crippen molar-refractivity contribution in [2.45, 2.75) is 25.8 Å². The van der Waals surface area contributed by atoms with Crippen LogP contribution in [0.25, 0.3) is 0 Å². The van der Waals surface area contributed by atoms with Crippen LogP contribution in [0.2, 0.25) is 10.0 Å². The van der Waals surface area contributed by atoms with Crippen molar-refractivity contribution < 1.29 is 14.3 Å². The number of ether oxygens (including phenoxy) is 2. The van der Waals surface area contributed by atoms with Gasteiger partial charge in [0.05, 0.1) is 20.8 Å². The predicted molar refractivity (Wildman–Crippen MR) is 139 cm³/mol. The first-order chi connectivity index (χ1) is 16.2. The molecule has 0 aromatic heterocycles. The third-order valence-electron chi connectivity index (χ3n) is 6.69. The van der Waals surface area contributed by atoms with Gasteiger partial charge in [0.15, 0.2) is 0 Å². The van der Waals surface area contributed by atoms with E-state index in [9.17, 15) is 4.79 Å². The molecule has 1 amide bonds. The number of anilines is 2. The minimum absolute atomic E-state index is 0.0687. The number of hydrogen-bond acceptors (Lipinski definition) is 4. The molecule has 1 atom stereocenters. The molecule has 3 aromatic carbocycles. The number of benzene rings is 3. The molecule has 5 nitrogen and oxygen atoms in total. The Hall–Kier alpha value is -2.89. The Labute approximate surface area is 210 Å². The standard InChI is InChI=1S/C27H28Cl2N2O3/c1-6-30(3)19-9-11-23(29)21(14-19)27(2)22-13-18(28)8-12-24(22)31(26(27)32)16-17-7-10-20(33-4)15-25(17)34-5/h7-15H,6,16H2,1-5H3. The average Bonchev–Trinajstić information content (AvgIpc) is 3.05. The van der Waals surface area contributed by atoms with Gasteiger partial charge in [-0.05, 0) is 73.5 Å². The van der Waals surface area contributed by atoms with Gasteiger partial charge in [-0.25, -0.2) is 0 Å². The molecule has 34 heavy (non-hydrogen) atoms. The van der Waals surface area contributed by atoms with Crippen molar-refractivity contribution in [1.29, 1.82) is 0 Å². The molecule has 1 aliphatic heterocycles. The van der Waals surface area contributed by atoms with E-state index in [1.165, 1.54) is 0 Å². The summed E-state index contributed by atoms with van der Waals surface area (Å²) in [5.41, 5.74) is 3.25. The highest BCUT2D eigenvalue weighted by atomic mass is 35.5. The molecule has 178 valence electrons. The average molecular weight is 499 g/mol. The molecular weight excluding hydrogens is 471 g/mol. The second kappa shape index (κ2) is 9.40. The lowest BCUT2D eigenvalue weighted by molar-refractivity contribution is -0.121. The van der Waals surface area contributed by atoms with E-state index in [0.717, 1.165) is 34.6 Å². The summed E-state index contributed by atoms with van der Waals surface area (Å²) < 4.78 is 10.9. The minimum Gasteiger partial charge on any atom is -0.497 e. The molecule has 0 saturated carbocycles. The third kappa shape index (κ3) is 3.97. The van der Waals surface area contributed by atoms with Crippen molar-refractivity contribution >= 4 is 40.5 Å². The smallest absolute Gasteiger partial charge is 0.242 e. The Morgan fingerprint density at radius 2 is 1.74 bits per heavy atom. The van der Waals surface area contributed by atoms with Crippen LogP contribution in [0.3, 0.4) is 0 Å². The fourth-order valence-electron chi connectivity index (χ4n) is 4.53. The van der Waals surface area contributed by atoms with Gasteiger partial charge in [-0.1, -0.05) is 23.2 Å². The normalized spacial score (nSPS) is 17.0. The summed E-state index contributed by atoms with van der Waals surface area (Å²) in [5, 5.41) is 1.11. The van der Waals surface area contributed by atoms with E-state index >= 15 is 0 Å². The van der Waals surface area contributed by atoms with Crippen molar-refractivity contribution in [1.82, 2.24) is 0 Å².